The average Bonchev–Trinajstić information content (AvgIpc) is 3.75. The van der Waals surface area contributed by atoms with Crippen LogP contribution in [0.4, 0.5) is 21.7 Å². The Balaban J connectivity index is 1.29. The number of anilines is 3. The van der Waals surface area contributed by atoms with E-state index in [-0.39, 0.29) is 17.3 Å². The molecule has 2 N–H and O–H groups in total. The van der Waals surface area contributed by atoms with Crippen molar-refractivity contribution in [3.05, 3.63) is 86.6 Å². The summed E-state index contributed by atoms with van der Waals surface area (Å²) in [7, 11) is 0. The first kappa shape index (κ1) is 25.7. The Hall–Kier alpha value is -4.22. The third-order valence-electron chi connectivity index (χ3n) is 7.78. The molecule has 9 nitrogen and oxygen atoms in total. The molecule has 1 saturated heterocycles. The molecule has 0 spiro atoms. The highest BCUT2D eigenvalue weighted by Gasteiger charge is 2.27. The summed E-state index contributed by atoms with van der Waals surface area (Å²) in [6.07, 6.45) is 7.64. The minimum absolute atomic E-state index is 0.166. The monoisotopic (exact) mass is 568 g/mol. The van der Waals surface area contributed by atoms with Crippen LogP contribution in [0, 0.1) is 12.7 Å². The van der Waals surface area contributed by atoms with Crippen molar-refractivity contribution < 1.29 is 4.39 Å². The average molecular weight is 569 g/mol. The van der Waals surface area contributed by atoms with Gasteiger partial charge in [-0.3, -0.25) is 14.3 Å². The van der Waals surface area contributed by atoms with Gasteiger partial charge in [0.05, 0.1) is 29.0 Å². The molecule has 1 aliphatic carbocycles. The lowest BCUT2D eigenvalue weighted by Crippen LogP contribution is -2.43. The molecule has 1 aromatic carbocycles. The van der Waals surface area contributed by atoms with E-state index in [0.29, 0.717) is 40.7 Å². The number of thiazole rings is 1. The van der Waals surface area contributed by atoms with Crippen LogP contribution in [0.25, 0.3) is 22.3 Å². The zero-order valence-corrected chi connectivity index (χ0v) is 23.4. The Morgan fingerprint density at radius 1 is 1.12 bits per heavy atom. The molecule has 2 fully saturated rings. The van der Waals surface area contributed by atoms with E-state index in [0.717, 1.165) is 54.8 Å². The topological polar surface area (TPSA) is 101 Å². The number of pyridine rings is 2. The van der Waals surface area contributed by atoms with E-state index < -0.39 is 0 Å². The van der Waals surface area contributed by atoms with Gasteiger partial charge in [0.15, 0.2) is 0 Å². The number of aryl methyl sites for hydroxylation is 1. The second-order valence-electron chi connectivity index (χ2n) is 10.6. The van der Waals surface area contributed by atoms with Crippen LogP contribution < -0.4 is 21.1 Å². The molecule has 4 aromatic heterocycles. The van der Waals surface area contributed by atoms with E-state index in [1.807, 2.05) is 36.2 Å². The van der Waals surface area contributed by atoms with Gasteiger partial charge < -0.3 is 15.5 Å². The smallest absolute Gasteiger partial charge is 0.262 e. The first-order chi connectivity index (χ1) is 20.0. The summed E-state index contributed by atoms with van der Waals surface area (Å²) in [4.78, 5) is 35.1. The summed E-state index contributed by atoms with van der Waals surface area (Å²) in [5.74, 6) is 0.466. The van der Waals surface area contributed by atoms with E-state index in [1.165, 1.54) is 23.0 Å². The maximum Gasteiger partial charge on any atom is 0.262 e. The number of nitrogens with zero attached hydrogens (tertiary/aromatic N) is 6. The molecule has 2 aliphatic rings. The molecule has 11 heteroatoms. The highest BCUT2D eigenvalue weighted by atomic mass is 32.1. The predicted octanol–water partition coefficient (Wildman–Crippen LogP) is 4.84. The standard InChI is InChI=1S/C30H29FN8OS/c1-18-27(35-17-41-18)23-12-21-14-34-30(36-22-4-5-26(25(31)13-22)38-10-8-32-9-11-38)37-28(21)39(29(23)40)16-20-6-7-33-15-24(20)19-2-3-19/h4-7,12-15,17,19,32H,2-3,8-11,16H2,1H3,(H,34,36,37). The molecule has 0 radical (unpaired) electrons. The van der Waals surface area contributed by atoms with Crippen molar-refractivity contribution in [2.45, 2.75) is 32.2 Å². The number of fused-ring (bicyclic) bond motifs is 1. The van der Waals surface area contributed by atoms with Gasteiger partial charge in [-0.15, -0.1) is 11.3 Å². The number of rotatable bonds is 7. The number of hydrogen-bond acceptors (Lipinski definition) is 9. The number of halogens is 1. The summed E-state index contributed by atoms with van der Waals surface area (Å²) in [6.45, 7) is 5.50. The minimum Gasteiger partial charge on any atom is -0.367 e. The Morgan fingerprint density at radius 3 is 2.73 bits per heavy atom. The SMILES string of the molecule is Cc1scnc1-c1cc2cnc(Nc3ccc(N4CCNCC4)c(F)c3)nc2n(Cc2ccncc2C2CC2)c1=O. The van der Waals surface area contributed by atoms with Crippen molar-refractivity contribution in [1.82, 2.24) is 29.8 Å². The van der Waals surface area contributed by atoms with Crippen LogP contribution in [-0.4, -0.2) is 50.7 Å². The third kappa shape index (κ3) is 5.07. The van der Waals surface area contributed by atoms with Gasteiger partial charge in [-0.05, 0) is 67.1 Å². The molecule has 7 rings (SSSR count). The van der Waals surface area contributed by atoms with Gasteiger partial charge in [-0.2, -0.15) is 4.98 Å². The van der Waals surface area contributed by atoms with Crippen molar-refractivity contribution in [1.29, 1.82) is 0 Å². The molecule has 0 bridgehead atoms. The summed E-state index contributed by atoms with van der Waals surface area (Å²) in [6, 6.07) is 8.87. The van der Waals surface area contributed by atoms with E-state index in [2.05, 4.69) is 25.6 Å². The number of aromatic nitrogens is 5. The maximum absolute atomic E-state index is 15.1. The maximum atomic E-state index is 15.1. The Morgan fingerprint density at radius 2 is 1.98 bits per heavy atom. The van der Waals surface area contributed by atoms with Gasteiger partial charge in [0.25, 0.3) is 5.56 Å². The zero-order valence-electron chi connectivity index (χ0n) is 22.6. The van der Waals surface area contributed by atoms with E-state index in [4.69, 9.17) is 4.98 Å². The lowest BCUT2D eigenvalue weighted by molar-refractivity contribution is 0.566. The quantitative estimate of drug-likeness (QED) is 0.288. The molecule has 41 heavy (non-hydrogen) atoms. The van der Waals surface area contributed by atoms with Crippen molar-refractivity contribution >= 4 is 39.7 Å². The lowest BCUT2D eigenvalue weighted by atomic mass is 10.1. The second kappa shape index (κ2) is 10.6. The third-order valence-corrected chi connectivity index (χ3v) is 8.54. The molecule has 5 aromatic rings. The molecule has 208 valence electrons. The molecule has 0 unspecified atom stereocenters. The molecule has 1 aliphatic heterocycles. The van der Waals surface area contributed by atoms with Crippen LogP contribution in [-0.2, 0) is 6.54 Å². The summed E-state index contributed by atoms with van der Waals surface area (Å²) in [5.41, 5.74) is 6.63. The fourth-order valence-corrected chi connectivity index (χ4v) is 6.08. The number of benzene rings is 1. The molecule has 0 amide bonds. The van der Waals surface area contributed by atoms with Gasteiger partial charge in [0, 0.05) is 60.7 Å². The van der Waals surface area contributed by atoms with Crippen LogP contribution in [0.15, 0.2) is 59.2 Å². The van der Waals surface area contributed by atoms with Crippen LogP contribution in [0.2, 0.25) is 0 Å². The number of nitrogens with one attached hydrogen (secondary N) is 2. The van der Waals surface area contributed by atoms with Crippen molar-refractivity contribution in [2.75, 3.05) is 36.4 Å². The Labute approximate surface area is 240 Å². The largest absolute Gasteiger partial charge is 0.367 e. The molecular weight excluding hydrogens is 539 g/mol. The first-order valence-corrected chi connectivity index (χ1v) is 14.7. The van der Waals surface area contributed by atoms with Crippen molar-refractivity contribution in [3.8, 4) is 11.3 Å². The second-order valence-corrected chi connectivity index (χ2v) is 11.6. The first-order valence-electron chi connectivity index (χ1n) is 13.8. The molecular formula is C30H29FN8OS. The lowest BCUT2D eigenvalue weighted by Gasteiger charge is -2.29. The Kier molecular flexibility index (Phi) is 6.68. The van der Waals surface area contributed by atoms with Crippen LogP contribution >= 0.6 is 11.3 Å². The number of hydrogen-bond donors (Lipinski definition) is 2. The Bertz CT molecular complexity index is 1810. The van der Waals surface area contributed by atoms with Crippen LogP contribution in [0.1, 0.15) is 34.8 Å². The fourth-order valence-electron chi connectivity index (χ4n) is 5.49. The predicted molar refractivity (Wildman–Crippen MR) is 160 cm³/mol. The van der Waals surface area contributed by atoms with E-state index in [1.54, 1.807) is 28.5 Å². The van der Waals surface area contributed by atoms with Gasteiger partial charge in [0.2, 0.25) is 5.95 Å². The van der Waals surface area contributed by atoms with Gasteiger partial charge in [-0.1, -0.05) is 0 Å². The number of piperazine rings is 1. The van der Waals surface area contributed by atoms with Crippen molar-refractivity contribution in [2.24, 2.45) is 0 Å². The van der Waals surface area contributed by atoms with Crippen LogP contribution in [0.5, 0.6) is 0 Å². The highest BCUT2D eigenvalue weighted by molar-refractivity contribution is 7.10. The van der Waals surface area contributed by atoms with Gasteiger partial charge in [-0.25, -0.2) is 14.4 Å². The molecule has 5 heterocycles. The van der Waals surface area contributed by atoms with Crippen molar-refractivity contribution in [3.63, 3.8) is 0 Å². The van der Waals surface area contributed by atoms with Gasteiger partial charge >= 0.3 is 0 Å². The van der Waals surface area contributed by atoms with Crippen LogP contribution in [0.3, 0.4) is 0 Å². The molecule has 0 atom stereocenters. The summed E-state index contributed by atoms with van der Waals surface area (Å²) in [5, 5.41) is 7.15. The van der Waals surface area contributed by atoms with E-state index >= 15 is 4.39 Å². The highest BCUT2D eigenvalue weighted by Crippen LogP contribution is 2.41. The summed E-state index contributed by atoms with van der Waals surface area (Å²) < 4.78 is 16.8. The normalized spacial score (nSPS) is 15.4. The van der Waals surface area contributed by atoms with Gasteiger partial charge in [0.1, 0.15) is 11.5 Å². The van der Waals surface area contributed by atoms with E-state index in [9.17, 15) is 4.79 Å². The molecule has 1 saturated carbocycles. The minimum atomic E-state index is -0.303. The zero-order chi connectivity index (χ0) is 27.9. The summed E-state index contributed by atoms with van der Waals surface area (Å²) >= 11 is 1.51. The fraction of sp³-hybridized carbons (Fsp3) is 0.300.